The zero-order valence-electron chi connectivity index (χ0n) is 11.2. The zero-order chi connectivity index (χ0) is 14.7. The molecule has 1 aliphatic rings. The number of thioether (sulfide) groups is 1. The second-order valence-corrected chi connectivity index (χ2v) is 6.22. The third-order valence-electron chi connectivity index (χ3n) is 3.14. The van der Waals surface area contributed by atoms with Gasteiger partial charge in [-0.3, -0.25) is 4.79 Å². The fourth-order valence-electron chi connectivity index (χ4n) is 2.09. The Morgan fingerprint density at radius 1 is 1.33 bits per heavy atom. The van der Waals surface area contributed by atoms with Crippen molar-refractivity contribution in [3.63, 3.8) is 0 Å². The van der Waals surface area contributed by atoms with Gasteiger partial charge in [0.15, 0.2) is 11.5 Å². The predicted octanol–water partition coefficient (Wildman–Crippen LogP) is 2.39. The molecule has 1 amide bonds. The number of anilines is 2. The Bertz CT molecular complexity index is 641. The number of H-pyrrole nitrogens is 1. The van der Waals surface area contributed by atoms with E-state index in [1.807, 2.05) is 23.9 Å². The summed E-state index contributed by atoms with van der Waals surface area (Å²) in [6.45, 7) is 1.49. The van der Waals surface area contributed by atoms with E-state index in [4.69, 9.17) is 11.6 Å². The Labute approximate surface area is 131 Å². The molecule has 0 saturated carbocycles. The first-order chi connectivity index (χ1) is 10.2. The molecule has 8 heteroatoms. The van der Waals surface area contributed by atoms with Crippen LogP contribution in [0.4, 0.5) is 11.5 Å². The van der Waals surface area contributed by atoms with Crippen LogP contribution in [-0.2, 0) is 0 Å². The van der Waals surface area contributed by atoms with Gasteiger partial charge >= 0.3 is 0 Å². The smallest absolute Gasteiger partial charge is 0.278 e. The first-order valence-electron chi connectivity index (χ1n) is 6.54. The number of nitrogens with zero attached hydrogens (tertiary/aromatic N) is 3. The number of benzene rings is 1. The van der Waals surface area contributed by atoms with Crippen molar-refractivity contribution in [3.8, 4) is 0 Å². The Morgan fingerprint density at radius 2 is 2.14 bits per heavy atom. The average Bonchev–Trinajstić information content (AvgIpc) is 2.95. The number of carbonyl (C=O) groups excluding carboxylic acids is 1. The maximum Gasteiger partial charge on any atom is 0.278 e. The molecule has 1 aromatic carbocycles. The summed E-state index contributed by atoms with van der Waals surface area (Å²) >= 11 is 7.80. The number of amides is 1. The van der Waals surface area contributed by atoms with Gasteiger partial charge in [0.25, 0.3) is 5.91 Å². The molecule has 2 heterocycles. The van der Waals surface area contributed by atoms with Crippen molar-refractivity contribution in [1.29, 1.82) is 0 Å². The third-order valence-corrected chi connectivity index (χ3v) is 4.31. The van der Waals surface area contributed by atoms with Gasteiger partial charge in [-0.2, -0.15) is 17.0 Å². The number of carbonyl (C=O) groups is 1. The van der Waals surface area contributed by atoms with Crippen LogP contribution in [-0.4, -0.2) is 50.8 Å². The molecule has 0 spiro atoms. The van der Waals surface area contributed by atoms with E-state index in [1.165, 1.54) is 0 Å². The van der Waals surface area contributed by atoms with Gasteiger partial charge in [-0.15, -0.1) is 10.2 Å². The number of hydrogen-bond acceptors (Lipinski definition) is 5. The fourth-order valence-corrected chi connectivity index (χ4v) is 3.18. The highest BCUT2D eigenvalue weighted by Gasteiger charge is 2.24. The number of rotatable bonds is 3. The summed E-state index contributed by atoms with van der Waals surface area (Å²) in [6, 6.07) is 7.23. The highest BCUT2D eigenvalue weighted by atomic mass is 35.5. The van der Waals surface area contributed by atoms with E-state index < -0.39 is 0 Å². The molecular formula is C13H14ClN5OS. The molecular weight excluding hydrogens is 310 g/mol. The van der Waals surface area contributed by atoms with Crippen molar-refractivity contribution in [3.05, 3.63) is 35.0 Å². The number of aromatic amines is 1. The first kappa shape index (κ1) is 14.2. The van der Waals surface area contributed by atoms with Gasteiger partial charge in [0.1, 0.15) is 0 Å². The summed E-state index contributed by atoms with van der Waals surface area (Å²) in [6.07, 6.45) is 0. The number of hydrogen-bond donors (Lipinski definition) is 2. The minimum absolute atomic E-state index is 0.103. The fraction of sp³-hybridized carbons (Fsp3) is 0.308. The Kier molecular flexibility index (Phi) is 4.31. The Balaban J connectivity index is 1.78. The molecule has 1 aromatic heterocycles. The summed E-state index contributed by atoms with van der Waals surface area (Å²) in [7, 11) is 0. The Morgan fingerprint density at radius 3 is 2.90 bits per heavy atom. The summed E-state index contributed by atoms with van der Waals surface area (Å²) in [5, 5.41) is 14.2. The van der Waals surface area contributed by atoms with Crippen LogP contribution in [0.15, 0.2) is 24.3 Å². The van der Waals surface area contributed by atoms with Crippen molar-refractivity contribution in [2.24, 2.45) is 0 Å². The van der Waals surface area contributed by atoms with Crippen molar-refractivity contribution in [2.45, 2.75) is 0 Å². The predicted molar refractivity (Wildman–Crippen MR) is 84.3 cm³/mol. The maximum absolute atomic E-state index is 12.5. The normalized spacial score (nSPS) is 15.0. The lowest BCUT2D eigenvalue weighted by Gasteiger charge is -2.25. The van der Waals surface area contributed by atoms with Crippen LogP contribution < -0.4 is 5.32 Å². The minimum atomic E-state index is -0.103. The van der Waals surface area contributed by atoms with E-state index in [-0.39, 0.29) is 5.91 Å². The Hall–Kier alpha value is -1.73. The van der Waals surface area contributed by atoms with Crippen LogP contribution >= 0.6 is 23.4 Å². The molecule has 2 aromatic rings. The zero-order valence-corrected chi connectivity index (χ0v) is 12.7. The van der Waals surface area contributed by atoms with Crippen LogP contribution in [0, 0.1) is 0 Å². The maximum atomic E-state index is 12.5. The van der Waals surface area contributed by atoms with Crippen LogP contribution in [0.5, 0.6) is 0 Å². The lowest BCUT2D eigenvalue weighted by atomic mass is 10.3. The van der Waals surface area contributed by atoms with Gasteiger partial charge in [-0.1, -0.05) is 17.7 Å². The highest BCUT2D eigenvalue weighted by molar-refractivity contribution is 7.99. The largest absolute Gasteiger partial charge is 0.337 e. The minimum Gasteiger partial charge on any atom is -0.337 e. The molecule has 0 bridgehead atoms. The van der Waals surface area contributed by atoms with Gasteiger partial charge in [-0.25, -0.2) is 0 Å². The SMILES string of the molecule is O=C(c1n[nH]nc1Nc1cccc(Cl)c1)N1CCSCC1. The molecule has 0 atom stereocenters. The second-order valence-electron chi connectivity index (χ2n) is 4.56. The van der Waals surface area contributed by atoms with Crippen LogP contribution in [0.2, 0.25) is 5.02 Å². The quantitative estimate of drug-likeness (QED) is 0.907. The molecule has 110 valence electrons. The monoisotopic (exact) mass is 323 g/mol. The van der Waals surface area contributed by atoms with Crippen molar-refractivity contribution in [1.82, 2.24) is 20.3 Å². The summed E-state index contributed by atoms with van der Waals surface area (Å²) < 4.78 is 0. The summed E-state index contributed by atoms with van der Waals surface area (Å²) in [5.41, 5.74) is 1.07. The molecule has 3 rings (SSSR count). The molecule has 1 fully saturated rings. The van der Waals surface area contributed by atoms with Crippen molar-refractivity contribution >= 4 is 40.8 Å². The van der Waals surface area contributed by atoms with E-state index in [9.17, 15) is 4.79 Å². The van der Waals surface area contributed by atoms with E-state index >= 15 is 0 Å². The average molecular weight is 324 g/mol. The van der Waals surface area contributed by atoms with Gasteiger partial charge in [-0.05, 0) is 18.2 Å². The molecule has 6 nitrogen and oxygen atoms in total. The molecule has 1 aliphatic heterocycles. The van der Waals surface area contributed by atoms with E-state index in [1.54, 1.807) is 17.0 Å². The number of halogens is 1. The molecule has 0 unspecified atom stereocenters. The van der Waals surface area contributed by atoms with Crippen LogP contribution in [0.1, 0.15) is 10.5 Å². The lowest BCUT2D eigenvalue weighted by Crippen LogP contribution is -2.38. The third kappa shape index (κ3) is 3.30. The number of aromatic nitrogens is 3. The summed E-state index contributed by atoms with van der Waals surface area (Å²) in [5.74, 6) is 2.23. The van der Waals surface area contributed by atoms with Gasteiger partial charge in [0, 0.05) is 35.3 Å². The molecule has 0 aliphatic carbocycles. The van der Waals surface area contributed by atoms with Crippen LogP contribution in [0.3, 0.4) is 0 Å². The second kappa shape index (κ2) is 6.36. The van der Waals surface area contributed by atoms with Crippen molar-refractivity contribution in [2.75, 3.05) is 29.9 Å². The van der Waals surface area contributed by atoms with Gasteiger partial charge < -0.3 is 10.2 Å². The molecule has 1 saturated heterocycles. The van der Waals surface area contributed by atoms with E-state index in [0.717, 1.165) is 30.3 Å². The molecule has 0 radical (unpaired) electrons. The van der Waals surface area contributed by atoms with Gasteiger partial charge in [0.2, 0.25) is 0 Å². The topological polar surface area (TPSA) is 73.9 Å². The number of nitrogens with one attached hydrogen (secondary N) is 2. The van der Waals surface area contributed by atoms with Gasteiger partial charge in [0.05, 0.1) is 0 Å². The van der Waals surface area contributed by atoms with Crippen molar-refractivity contribution < 1.29 is 4.79 Å². The molecule has 21 heavy (non-hydrogen) atoms. The van der Waals surface area contributed by atoms with E-state index in [2.05, 4.69) is 20.7 Å². The lowest BCUT2D eigenvalue weighted by molar-refractivity contribution is 0.0767. The molecule has 2 N–H and O–H groups in total. The first-order valence-corrected chi connectivity index (χ1v) is 8.07. The van der Waals surface area contributed by atoms with Crippen LogP contribution in [0.25, 0.3) is 0 Å². The summed E-state index contributed by atoms with van der Waals surface area (Å²) in [4.78, 5) is 14.3. The van der Waals surface area contributed by atoms with E-state index in [0.29, 0.717) is 16.5 Å². The standard InChI is InChI=1S/C13H14ClN5OS/c14-9-2-1-3-10(8-9)15-12-11(16-18-17-12)13(20)19-4-6-21-7-5-19/h1-3,8H,4-7H2,(H2,15,16,17,18). The highest BCUT2D eigenvalue weighted by Crippen LogP contribution is 2.21.